The molecule has 0 aliphatic rings. The molecule has 0 saturated heterocycles. The SMILES string of the molecule is CCc1cc(Cn2nc(CC)c(CNC)c2CC)n(C)n1. The maximum Gasteiger partial charge on any atom is 0.0831 e. The van der Waals surface area contributed by atoms with Gasteiger partial charge in [0.15, 0.2) is 0 Å². The van der Waals surface area contributed by atoms with Crippen LogP contribution in [0.2, 0.25) is 0 Å². The van der Waals surface area contributed by atoms with Gasteiger partial charge in [0.2, 0.25) is 0 Å². The molecular formula is C16H27N5. The third kappa shape index (κ3) is 3.18. The minimum atomic E-state index is 0.795. The predicted octanol–water partition coefficient (Wildman–Crippen LogP) is 2.07. The predicted molar refractivity (Wildman–Crippen MR) is 85.4 cm³/mol. The van der Waals surface area contributed by atoms with Gasteiger partial charge in [0.1, 0.15) is 0 Å². The molecular weight excluding hydrogens is 262 g/mol. The molecule has 5 heteroatoms. The Hall–Kier alpha value is -1.62. The minimum Gasteiger partial charge on any atom is -0.316 e. The summed E-state index contributed by atoms with van der Waals surface area (Å²) >= 11 is 0. The van der Waals surface area contributed by atoms with Crippen LogP contribution in [-0.2, 0) is 39.4 Å². The Morgan fingerprint density at radius 1 is 1.10 bits per heavy atom. The zero-order chi connectivity index (χ0) is 15.4. The monoisotopic (exact) mass is 289 g/mol. The number of nitrogens with zero attached hydrogens (tertiary/aromatic N) is 4. The molecule has 2 heterocycles. The fraction of sp³-hybridized carbons (Fsp3) is 0.625. The molecule has 0 bridgehead atoms. The van der Waals surface area contributed by atoms with E-state index in [2.05, 4.69) is 41.9 Å². The first-order chi connectivity index (χ1) is 10.1. The van der Waals surface area contributed by atoms with Crippen molar-refractivity contribution in [1.29, 1.82) is 0 Å². The molecule has 0 spiro atoms. The molecule has 116 valence electrons. The summed E-state index contributed by atoms with van der Waals surface area (Å²) in [5.41, 5.74) is 6.26. The summed E-state index contributed by atoms with van der Waals surface area (Å²) in [6, 6.07) is 2.19. The smallest absolute Gasteiger partial charge is 0.0831 e. The van der Waals surface area contributed by atoms with Gasteiger partial charge in [-0.25, -0.2) is 0 Å². The van der Waals surface area contributed by atoms with Gasteiger partial charge in [-0.05, 0) is 32.4 Å². The van der Waals surface area contributed by atoms with Gasteiger partial charge in [0, 0.05) is 24.8 Å². The molecule has 5 nitrogen and oxygen atoms in total. The molecule has 0 atom stereocenters. The fourth-order valence-corrected chi connectivity index (χ4v) is 2.83. The van der Waals surface area contributed by atoms with E-state index in [1.165, 1.54) is 22.6 Å². The lowest BCUT2D eigenvalue weighted by atomic mass is 10.1. The third-order valence-corrected chi connectivity index (χ3v) is 3.97. The van der Waals surface area contributed by atoms with Crippen molar-refractivity contribution in [3.63, 3.8) is 0 Å². The zero-order valence-electron chi connectivity index (χ0n) is 13.9. The van der Waals surface area contributed by atoms with E-state index in [1.54, 1.807) is 0 Å². The molecule has 2 rings (SSSR count). The summed E-state index contributed by atoms with van der Waals surface area (Å²) in [6.07, 6.45) is 2.95. The van der Waals surface area contributed by atoms with Gasteiger partial charge in [0.05, 0.1) is 23.6 Å². The van der Waals surface area contributed by atoms with Crippen LogP contribution in [0.5, 0.6) is 0 Å². The molecule has 0 aromatic carbocycles. The average molecular weight is 289 g/mol. The van der Waals surface area contributed by atoms with Gasteiger partial charge >= 0.3 is 0 Å². The van der Waals surface area contributed by atoms with Gasteiger partial charge in [-0.3, -0.25) is 9.36 Å². The third-order valence-electron chi connectivity index (χ3n) is 3.97. The van der Waals surface area contributed by atoms with Gasteiger partial charge in [-0.15, -0.1) is 0 Å². The van der Waals surface area contributed by atoms with Crippen molar-refractivity contribution in [2.45, 2.75) is 53.1 Å². The van der Waals surface area contributed by atoms with E-state index in [0.717, 1.165) is 38.0 Å². The largest absolute Gasteiger partial charge is 0.316 e. The van der Waals surface area contributed by atoms with Gasteiger partial charge in [-0.2, -0.15) is 10.2 Å². The van der Waals surface area contributed by atoms with Crippen molar-refractivity contribution in [3.8, 4) is 0 Å². The highest BCUT2D eigenvalue weighted by molar-refractivity contribution is 5.27. The van der Waals surface area contributed by atoms with Crippen LogP contribution >= 0.6 is 0 Å². The highest BCUT2D eigenvalue weighted by atomic mass is 15.3. The normalized spacial score (nSPS) is 11.3. The van der Waals surface area contributed by atoms with Gasteiger partial charge in [-0.1, -0.05) is 20.8 Å². The van der Waals surface area contributed by atoms with Gasteiger partial charge in [0.25, 0.3) is 0 Å². The van der Waals surface area contributed by atoms with Crippen molar-refractivity contribution in [2.24, 2.45) is 7.05 Å². The lowest BCUT2D eigenvalue weighted by Crippen LogP contribution is -2.12. The minimum absolute atomic E-state index is 0.795. The zero-order valence-corrected chi connectivity index (χ0v) is 13.9. The molecule has 2 aromatic heterocycles. The van der Waals surface area contributed by atoms with E-state index < -0.39 is 0 Å². The van der Waals surface area contributed by atoms with Crippen molar-refractivity contribution in [1.82, 2.24) is 24.9 Å². The maximum absolute atomic E-state index is 4.83. The summed E-state index contributed by atoms with van der Waals surface area (Å²) in [7, 11) is 4.00. The van der Waals surface area contributed by atoms with Crippen molar-refractivity contribution in [3.05, 3.63) is 34.4 Å². The van der Waals surface area contributed by atoms with Gasteiger partial charge < -0.3 is 5.32 Å². The van der Waals surface area contributed by atoms with Crippen LogP contribution < -0.4 is 5.32 Å². The molecule has 2 aromatic rings. The molecule has 0 aliphatic carbocycles. The Labute approximate surface area is 127 Å². The van der Waals surface area contributed by atoms with E-state index in [9.17, 15) is 0 Å². The summed E-state index contributed by atoms with van der Waals surface area (Å²) < 4.78 is 4.13. The Kier molecular flexibility index (Phi) is 5.17. The number of aromatic nitrogens is 4. The van der Waals surface area contributed by atoms with E-state index in [0.29, 0.717) is 0 Å². The van der Waals surface area contributed by atoms with Crippen LogP contribution in [0.15, 0.2) is 6.07 Å². The van der Waals surface area contributed by atoms with E-state index >= 15 is 0 Å². The molecule has 0 fully saturated rings. The second kappa shape index (κ2) is 6.89. The number of aryl methyl sites for hydroxylation is 3. The fourth-order valence-electron chi connectivity index (χ4n) is 2.83. The number of rotatable bonds is 7. The number of hydrogen-bond acceptors (Lipinski definition) is 3. The first-order valence-electron chi connectivity index (χ1n) is 7.88. The molecule has 1 N–H and O–H groups in total. The van der Waals surface area contributed by atoms with Crippen LogP contribution in [0.4, 0.5) is 0 Å². The molecule has 0 unspecified atom stereocenters. The number of nitrogens with one attached hydrogen (secondary N) is 1. The quantitative estimate of drug-likeness (QED) is 0.849. The average Bonchev–Trinajstić information content (AvgIpc) is 3.00. The molecule has 21 heavy (non-hydrogen) atoms. The lowest BCUT2D eigenvalue weighted by Gasteiger charge is -2.08. The van der Waals surface area contributed by atoms with Crippen molar-refractivity contribution in [2.75, 3.05) is 7.05 Å². The summed E-state index contributed by atoms with van der Waals surface area (Å²) in [6.45, 7) is 8.19. The molecule has 0 aliphatic heterocycles. The standard InChI is InChI=1S/C16H27N5/c1-6-12-9-13(20(5)18-12)11-21-16(8-3)14(10-17-4)15(7-2)19-21/h9,17H,6-8,10-11H2,1-5H3. The Balaban J connectivity index is 2.36. The molecule has 0 amide bonds. The summed E-state index contributed by atoms with van der Waals surface area (Å²) in [5, 5.41) is 12.6. The number of hydrogen-bond donors (Lipinski definition) is 1. The summed E-state index contributed by atoms with van der Waals surface area (Å²) in [5.74, 6) is 0. The lowest BCUT2D eigenvalue weighted by molar-refractivity contribution is 0.591. The van der Waals surface area contributed by atoms with E-state index in [1.807, 2.05) is 18.8 Å². The Bertz CT molecular complexity index is 594. The first kappa shape index (κ1) is 15.8. The maximum atomic E-state index is 4.83. The topological polar surface area (TPSA) is 47.7 Å². The van der Waals surface area contributed by atoms with Crippen LogP contribution in [0.3, 0.4) is 0 Å². The van der Waals surface area contributed by atoms with Crippen LogP contribution in [0, 0.1) is 0 Å². The summed E-state index contributed by atoms with van der Waals surface area (Å²) in [4.78, 5) is 0. The second-order valence-electron chi connectivity index (χ2n) is 5.37. The van der Waals surface area contributed by atoms with Crippen LogP contribution in [0.1, 0.15) is 49.1 Å². The van der Waals surface area contributed by atoms with Crippen molar-refractivity contribution < 1.29 is 0 Å². The van der Waals surface area contributed by atoms with Crippen LogP contribution in [-0.4, -0.2) is 26.6 Å². The highest BCUT2D eigenvalue weighted by Gasteiger charge is 2.16. The Morgan fingerprint density at radius 3 is 2.38 bits per heavy atom. The van der Waals surface area contributed by atoms with E-state index in [-0.39, 0.29) is 0 Å². The second-order valence-corrected chi connectivity index (χ2v) is 5.37. The molecule has 0 radical (unpaired) electrons. The van der Waals surface area contributed by atoms with E-state index in [4.69, 9.17) is 5.10 Å². The Morgan fingerprint density at radius 2 is 1.86 bits per heavy atom. The molecule has 0 saturated carbocycles. The van der Waals surface area contributed by atoms with Crippen LogP contribution in [0.25, 0.3) is 0 Å². The first-order valence-corrected chi connectivity index (χ1v) is 7.88. The van der Waals surface area contributed by atoms with Crippen molar-refractivity contribution >= 4 is 0 Å². The highest BCUT2D eigenvalue weighted by Crippen LogP contribution is 2.18.